The number of benzene rings is 2. The van der Waals surface area contributed by atoms with Crippen molar-refractivity contribution in [3.05, 3.63) is 60.2 Å². The highest BCUT2D eigenvalue weighted by atomic mass is 32.2. The fourth-order valence-electron chi connectivity index (χ4n) is 3.27. The first-order chi connectivity index (χ1) is 16.5. The topological polar surface area (TPSA) is 97.1 Å². The Hall–Kier alpha value is -3.61. The Morgan fingerprint density at radius 3 is 2.50 bits per heavy atom. The highest BCUT2D eigenvalue weighted by Gasteiger charge is 2.22. The number of aromatic nitrogens is 2. The van der Waals surface area contributed by atoms with Crippen LogP contribution in [0, 0.1) is 11.3 Å². The predicted molar refractivity (Wildman–Crippen MR) is 136 cm³/mol. The first kappa shape index (κ1) is 23.5. The first-order valence-electron chi connectivity index (χ1n) is 10.5. The quantitative estimate of drug-likeness (QED) is 0.314. The van der Waals surface area contributed by atoms with Gasteiger partial charge < -0.3 is 14.8 Å². The predicted octanol–water partition coefficient (Wildman–Crippen LogP) is 5.76. The average molecular weight is 491 g/mol. The van der Waals surface area contributed by atoms with Crippen molar-refractivity contribution in [2.24, 2.45) is 0 Å². The first-order valence-corrected chi connectivity index (χ1v) is 12.2. The number of carbonyl (C=O) groups is 1. The third kappa shape index (κ3) is 5.14. The smallest absolute Gasteiger partial charge is 0.239 e. The SMILES string of the molecule is CCC(Sc1nc(-c2ccc(OC)cc2)ccc1C#N)C(=O)Nc1nc2ccc(OC)cc2s1. The largest absolute Gasteiger partial charge is 0.497 e. The Kier molecular flexibility index (Phi) is 7.30. The molecule has 7 nitrogen and oxygen atoms in total. The lowest BCUT2D eigenvalue weighted by Crippen LogP contribution is -2.24. The Balaban J connectivity index is 1.54. The summed E-state index contributed by atoms with van der Waals surface area (Å²) in [7, 11) is 3.23. The molecule has 1 amide bonds. The summed E-state index contributed by atoms with van der Waals surface area (Å²) in [5.41, 5.74) is 2.84. The van der Waals surface area contributed by atoms with E-state index in [1.54, 1.807) is 26.4 Å². The van der Waals surface area contributed by atoms with Crippen molar-refractivity contribution >= 4 is 44.4 Å². The molecular weight excluding hydrogens is 468 g/mol. The van der Waals surface area contributed by atoms with Gasteiger partial charge in [0.25, 0.3) is 0 Å². The van der Waals surface area contributed by atoms with Crippen LogP contribution in [-0.2, 0) is 4.79 Å². The molecule has 0 aliphatic rings. The van der Waals surface area contributed by atoms with Crippen molar-refractivity contribution in [3.8, 4) is 28.8 Å². The van der Waals surface area contributed by atoms with Gasteiger partial charge in [0, 0.05) is 5.56 Å². The number of carbonyl (C=O) groups excluding carboxylic acids is 1. The van der Waals surface area contributed by atoms with Crippen LogP contribution < -0.4 is 14.8 Å². The van der Waals surface area contributed by atoms with Gasteiger partial charge in [0.05, 0.1) is 40.9 Å². The number of ether oxygens (including phenoxy) is 2. The molecule has 1 unspecified atom stereocenters. The van der Waals surface area contributed by atoms with E-state index < -0.39 is 5.25 Å². The number of rotatable bonds is 8. The number of anilines is 1. The van der Waals surface area contributed by atoms with E-state index in [0.717, 1.165) is 33.0 Å². The standard InChI is InChI=1S/C25H22N4O3S2/c1-4-21(23(30)29-25-28-20-12-10-18(32-3)13-22(20)34-25)33-24-16(14-26)7-11-19(27-24)15-5-8-17(31-2)9-6-15/h5-13,21H,4H2,1-3H3,(H,28,29,30). The van der Waals surface area contributed by atoms with Crippen LogP contribution in [-0.4, -0.2) is 35.3 Å². The van der Waals surface area contributed by atoms with Gasteiger partial charge in [0.1, 0.15) is 22.6 Å². The second-order valence-electron chi connectivity index (χ2n) is 7.25. The Bertz CT molecular complexity index is 1360. The summed E-state index contributed by atoms with van der Waals surface area (Å²) < 4.78 is 11.4. The van der Waals surface area contributed by atoms with E-state index in [-0.39, 0.29) is 5.91 Å². The summed E-state index contributed by atoms with van der Waals surface area (Å²) in [4.78, 5) is 22.2. The molecule has 4 rings (SSSR count). The van der Waals surface area contributed by atoms with Gasteiger partial charge in [-0.25, -0.2) is 9.97 Å². The number of nitrogens with one attached hydrogen (secondary N) is 1. The third-order valence-corrected chi connectivity index (χ3v) is 7.41. The molecule has 1 atom stereocenters. The molecule has 0 bridgehead atoms. The molecule has 9 heteroatoms. The maximum atomic E-state index is 13.1. The number of thiazole rings is 1. The third-order valence-electron chi connectivity index (χ3n) is 5.11. The van der Waals surface area contributed by atoms with E-state index in [1.807, 2.05) is 49.4 Å². The number of nitrogens with zero attached hydrogens (tertiary/aromatic N) is 3. The minimum atomic E-state index is -0.438. The van der Waals surface area contributed by atoms with Gasteiger partial charge in [-0.05, 0) is 61.0 Å². The Labute approximate surface area is 205 Å². The minimum Gasteiger partial charge on any atom is -0.497 e. The molecule has 172 valence electrons. The fraction of sp³-hybridized carbons (Fsp3) is 0.200. The molecular formula is C25H22N4O3S2. The number of hydrogen-bond donors (Lipinski definition) is 1. The minimum absolute atomic E-state index is 0.181. The molecule has 0 aliphatic heterocycles. The van der Waals surface area contributed by atoms with Crippen LogP contribution in [0.15, 0.2) is 59.6 Å². The number of methoxy groups -OCH3 is 2. The maximum Gasteiger partial charge on any atom is 0.239 e. The van der Waals surface area contributed by atoms with Gasteiger partial charge in [-0.15, -0.1) is 0 Å². The summed E-state index contributed by atoms with van der Waals surface area (Å²) in [6, 6.07) is 18.9. The van der Waals surface area contributed by atoms with Crippen LogP contribution in [0.25, 0.3) is 21.5 Å². The van der Waals surface area contributed by atoms with Gasteiger partial charge in [0.2, 0.25) is 5.91 Å². The van der Waals surface area contributed by atoms with Crippen molar-refractivity contribution in [3.63, 3.8) is 0 Å². The molecule has 34 heavy (non-hydrogen) atoms. The van der Waals surface area contributed by atoms with E-state index in [4.69, 9.17) is 14.5 Å². The van der Waals surface area contributed by atoms with E-state index >= 15 is 0 Å². The van der Waals surface area contributed by atoms with Crippen LogP contribution in [0.5, 0.6) is 11.5 Å². The monoisotopic (exact) mass is 490 g/mol. The number of hydrogen-bond acceptors (Lipinski definition) is 8. The molecule has 0 spiro atoms. The summed E-state index contributed by atoms with van der Waals surface area (Å²) in [5, 5.41) is 13.1. The molecule has 0 radical (unpaired) electrons. The van der Waals surface area contributed by atoms with E-state index in [2.05, 4.69) is 16.4 Å². The maximum absolute atomic E-state index is 13.1. The van der Waals surface area contributed by atoms with Crippen molar-refractivity contribution in [1.82, 2.24) is 9.97 Å². The van der Waals surface area contributed by atoms with Crippen LogP contribution in [0.4, 0.5) is 5.13 Å². The normalized spacial score (nSPS) is 11.6. The zero-order chi connectivity index (χ0) is 24.1. The van der Waals surface area contributed by atoms with Gasteiger partial charge >= 0.3 is 0 Å². The Morgan fingerprint density at radius 1 is 1.09 bits per heavy atom. The number of thioether (sulfide) groups is 1. The van der Waals surface area contributed by atoms with Crippen molar-refractivity contribution in [2.75, 3.05) is 19.5 Å². The highest BCUT2D eigenvalue weighted by molar-refractivity contribution is 8.00. The molecule has 0 aliphatic carbocycles. The van der Waals surface area contributed by atoms with Crippen LogP contribution in [0.1, 0.15) is 18.9 Å². The number of fused-ring (bicyclic) bond motifs is 1. The number of pyridine rings is 1. The summed E-state index contributed by atoms with van der Waals surface area (Å²) >= 11 is 2.67. The van der Waals surface area contributed by atoms with Crippen LogP contribution in [0.2, 0.25) is 0 Å². The van der Waals surface area contributed by atoms with Crippen molar-refractivity contribution in [2.45, 2.75) is 23.6 Å². The van der Waals surface area contributed by atoms with Crippen molar-refractivity contribution < 1.29 is 14.3 Å². The summed E-state index contributed by atoms with van der Waals surface area (Å²) in [5.74, 6) is 1.31. The van der Waals surface area contributed by atoms with Crippen molar-refractivity contribution in [1.29, 1.82) is 5.26 Å². The zero-order valence-electron chi connectivity index (χ0n) is 18.9. The summed E-state index contributed by atoms with van der Waals surface area (Å²) in [6.07, 6.45) is 0.564. The van der Waals surface area contributed by atoms with E-state index in [9.17, 15) is 10.1 Å². The van der Waals surface area contributed by atoms with E-state index in [1.165, 1.54) is 23.1 Å². The zero-order valence-corrected chi connectivity index (χ0v) is 20.5. The molecule has 2 aromatic heterocycles. The van der Waals surface area contributed by atoms with Crippen LogP contribution >= 0.6 is 23.1 Å². The molecule has 0 fully saturated rings. The number of nitriles is 1. The molecule has 2 aromatic carbocycles. The number of amides is 1. The van der Waals surface area contributed by atoms with Gasteiger partial charge in [-0.2, -0.15) is 5.26 Å². The molecule has 1 N–H and O–H groups in total. The highest BCUT2D eigenvalue weighted by Crippen LogP contribution is 2.33. The fourth-order valence-corrected chi connectivity index (χ4v) is 5.16. The second kappa shape index (κ2) is 10.5. The van der Waals surface area contributed by atoms with Gasteiger partial charge in [0.15, 0.2) is 5.13 Å². The van der Waals surface area contributed by atoms with Gasteiger partial charge in [-0.3, -0.25) is 4.79 Å². The van der Waals surface area contributed by atoms with Crippen LogP contribution in [0.3, 0.4) is 0 Å². The summed E-state index contributed by atoms with van der Waals surface area (Å²) in [6.45, 7) is 1.93. The average Bonchev–Trinajstić information content (AvgIpc) is 3.28. The van der Waals surface area contributed by atoms with Gasteiger partial charge in [-0.1, -0.05) is 30.0 Å². The van der Waals surface area contributed by atoms with E-state index in [0.29, 0.717) is 22.1 Å². The molecule has 0 saturated carbocycles. The lowest BCUT2D eigenvalue weighted by molar-refractivity contribution is -0.115. The second-order valence-corrected chi connectivity index (χ2v) is 9.47. The molecule has 0 saturated heterocycles. The molecule has 4 aromatic rings. The Morgan fingerprint density at radius 2 is 1.82 bits per heavy atom. The molecule has 2 heterocycles. The lowest BCUT2D eigenvalue weighted by atomic mass is 10.1. The lowest BCUT2D eigenvalue weighted by Gasteiger charge is -2.14.